The summed E-state index contributed by atoms with van der Waals surface area (Å²) >= 11 is 0. The Kier molecular flexibility index (Phi) is 6.88. The van der Waals surface area contributed by atoms with Gasteiger partial charge in [0, 0.05) is 18.2 Å². The Labute approximate surface area is 144 Å². The van der Waals surface area contributed by atoms with Crippen LogP contribution < -0.4 is 5.32 Å². The van der Waals surface area contributed by atoms with Gasteiger partial charge in [-0.1, -0.05) is 51.5 Å². The number of pyridine rings is 1. The highest BCUT2D eigenvalue weighted by molar-refractivity contribution is 5.59. The van der Waals surface area contributed by atoms with Crippen molar-refractivity contribution in [2.75, 3.05) is 6.61 Å². The van der Waals surface area contributed by atoms with Gasteiger partial charge in [0.05, 0.1) is 18.0 Å². The molecule has 1 atom stereocenters. The van der Waals surface area contributed by atoms with Gasteiger partial charge in [0.1, 0.15) is 5.82 Å². The van der Waals surface area contributed by atoms with Gasteiger partial charge in [-0.3, -0.25) is 0 Å². The van der Waals surface area contributed by atoms with E-state index in [0.29, 0.717) is 12.2 Å². The van der Waals surface area contributed by atoms with Crippen molar-refractivity contribution in [1.82, 2.24) is 10.3 Å². The number of hydrogen-bond acceptors (Lipinski definition) is 3. The fraction of sp³-hybridized carbons (Fsp3) is 0.450. The van der Waals surface area contributed by atoms with E-state index in [-0.39, 0.29) is 24.4 Å². The van der Waals surface area contributed by atoms with Crippen molar-refractivity contribution in [2.24, 2.45) is 5.92 Å². The maximum Gasteiger partial charge on any atom is 0.146 e. The summed E-state index contributed by atoms with van der Waals surface area (Å²) in [5.41, 5.74) is 3.43. The molecule has 4 heteroatoms. The van der Waals surface area contributed by atoms with Crippen LogP contribution >= 0.6 is 0 Å². The molecule has 0 bridgehead atoms. The lowest BCUT2D eigenvalue weighted by Crippen LogP contribution is -2.36. The van der Waals surface area contributed by atoms with Crippen LogP contribution in [0.4, 0.5) is 4.39 Å². The van der Waals surface area contributed by atoms with E-state index in [1.807, 2.05) is 26.0 Å². The van der Waals surface area contributed by atoms with E-state index in [0.717, 1.165) is 24.1 Å². The molecule has 1 heterocycles. The topological polar surface area (TPSA) is 45.1 Å². The first kappa shape index (κ1) is 18.6. The van der Waals surface area contributed by atoms with Gasteiger partial charge in [-0.15, -0.1) is 0 Å². The summed E-state index contributed by atoms with van der Waals surface area (Å²) in [5, 5.41) is 12.5. The number of aliphatic hydroxyl groups excluding tert-OH is 1. The monoisotopic (exact) mass is 330 g/mol. The van der Waals surface area contributed by atoms with Crippen LogP contribution in [0, 0.1) is 11.7 Å². The predicted octanol–water partition coefficient (Wildman–Crippen LogP) is 3.95. The molecule has 2 N–H and O–H groups in total. The van der Waals surface area contributed by atoms with Gasteiger partial charge >= 0.3 is 0 Å². The first-order chi connectivity index (χ1) is 11.5. The summed E-state index contributed by atoms with van der Waals surface area (Å²) in [6.45, 7) is 6.53. The van der Waals surface area contributed by atoms with Crippen molar-refractivity contribution in [3.05, 3.63) is 53.5 Å². The fourth-order valence-corrected chi connectivity index (χ4v) is 2.64. The van der Waals surface area contributed by atoms with Crippen LogP contribution in [0.5, 0.6) is 0 Å². The van der Waals surface area contributed by atoms with Crippen molar-refractivity contribution in [2.45, 2.75) is 46.2 Å². The molecule has 0 spiro atoms. The third-order valence-corrected chi connectivity index (χ3v) is 4.24. The zero-order chi connectivity index (χ0) is 17.5. The van der Waals surface area contributed by atoms with Crippen LogP contribution in [0.25, 0.3) is 11.3 Å². The molecule has 0 radical (unpaired) electrons. The first-order valence-electron chi connectivity index (χ1n) is 8.64. The summed E-state index contributed by atoms with van der Waals surface area (Å²) in [7, 11) is 0. The van der Waals surface area contributed by atoms with Gasteiger partial charge in [0.2, 0.25) is 0 Å². The molecule has 0 saturated carbocycles. The van der Waals surface area contributed by atoms with E-state index in [1.165, 1.54) is 11.6 Å². The lowest BCUT2D eigenvalue weighted by Gasteiger charge is -2.20. The molecule has 24 heavy (non-hydrogen) atoms. The molecule has 0 aliphatic carbocycles. The van der Waals surface area contributed by atoms with Gasteiger partial charge in [0.25, 0.3) is 0 Å². The van der Waals surface area contributed by atoms with E-state index in [9.17, 15) is 9.50 Å². The van der Waals surface area contributed by atoms with Gasteiger partial charge in [-0.05, 0) is 30.0 Å². The zero-order valence-corrected chi connectivity index (χ0v) is 14.7. The van der Waals surface area contributed by atoms with Gasteiger partial charge in [-0.25, -0.2) is 9.37 Å². The maximum atomic E-state index is 14.0. The van der Waals surface area contributed by atoms with Gasteiger partial charge in [-0.2, -0.15) is 0 Å². The number of hydrogen-bond donors (Lipinski definition) is 2. The van der Waals surface area contributed by atoms with Gasteiger partial charge in [0.15, 0.2) is 0 Å². The predicted molar refractivity (Wildman–Crippen MR) is 96.2 cm³/mol. The average Bonchev–Trinajstić information content (AvgIpc) is 2.58. The third kappa shape index (κ3) is 4.86. The molecule has 2 aromatic rings. The SMILES string of the molecule is CCCc1ccc(-c2ccc(F)c(CN[C@@H](CO)C(C)C)n2)cc1. The molecule has 2 rings (SSSR count). The third-order valence-electron chi connectivity index (χ3n) is 4.24. The van der Waals surface area contributed by atoms with Crippen molar-refractivity contribution >= 4 is 0 Å². The van der Waals surface area contributed by atoms with Crippen molar-refractivity contribution in [1.29, 1.82) is 0 Å². The van der Waals surface area contributed by atoms with E-state index in [2.05, 4.69) is 29.4 Å². The minimum absolute atomic E-state index is 0.0257. The molecule has 0 aliphatic heterocycles. The Bertz CT molecular complexity index is 641. The lowest BCUT2D eigenvalue weighted by atomic mass is 10.0. The Morgan fingerprint density at radius 3 is 2.42 bits per heavy atom. The first-order valence-corrected chi connectivity index (χ1v) is 8.64. The quantitative estimate of drug-likeness (QED) is 0.770. The molecule has 0 aliphatic rings. The Balaban J connectivity index is 2.15. The number of nitrogens with one attached hydrogen (secondary N) is 1. The highest BCUT2D eigenvalue weighted by Crippen LogP contribution is 2.20. The molecule has 0 saturated heterocycles. The second kappa shape index (κ2) is 8.90. The van der Waals surface area contributed by atoms with Crippen molar-refractivity contribution in [3.8, 4) is 11.3 Å². The smallest absolute Gasteiger partial charge is 0.146 e. The molecule has 1 aromatic carbocycles. The van der Waals surface area contributed by atoms with Crippen LogP contribution in [0.1, 0.15) is 38.4 Å². The van der Waals surface area contributed by atoms with Crippen molar-refractivity contribution in [3.63, 3.8) is 0 Å². The standard InChI is InChI=1S/C20H27FN2O/c1-4-5-15-6-8-16(9-7-15)18-11-10-17(21)19(23-18)12-22-20(13-24)14(2)3/h6-11,14,20,22,24H,4-5,12-13H2,1-3H3/t20-/m0/s1. The lowest BCUT2D eigenvalue weighted by molar-refractivity contribution is 0.209. The van der Waals surface area contributed by atoms with Crippen LogP contribution in [0.2, 0.25) is 0 Å². The second-order valence-electron chi connectivity index (χ2n) is 6.49. The molecule has 130 valence electrons. The number of rotatable bonds is 8. The summed E-state index contributed by atoms with van der Waals surface area (Å²) < 4.78 is 14.0. The Morgan fingerprint density at radius 2 is 1.83 bits per heavy atom. The van der Waals surface area contributed by atoms with Gasteiger partial charge < -0.3 is 10.4 Å². The van der Waals surface area contributed by atoms with Crippen LogP contribution in [0.3, 0.4) is 0 Å². The number of aromatic nitrogens is 1. The number of aliphatic hydroxyl groups is 1. The number of nitrogens with zero attached hydrogens (tertiary/aromatic N) is 1. The highest BCUT2D eigenvalue weighted by Gasteiger charge is 2.13. The zero-order valence-electron chi connectivity index (χ0n) is 14.7. The molecular weight excluding hydrogens is 303 g/mol. The number of aryl methyl sites for hydroxylation is 1. The number of benzene rings is 1. The molecular formula is C20H27FN2O. The minimum atomic E-state index is -0.325. The summed E-state index contributed by atoms with van der Waals surface area (Å²) in [6.07, 6.45) is 2.18. The summed E-state index contributed by atoms with van der Waals surface area (Å²) in [4.78, 5) is 4.46. The fourth-order valence-electron chi connectivity index (χ4n) is 2.64. The maximum absolute atomic E-state index is 14.0. The normalized spacial score (nSPS) is 12.6. The molecule has 3 nitrogen and oxygen atoms in total. The average molecular weight is 330 g/mol. The molecule has 0 amide bonds. The molecule has 0 fully saturated rings. The van der Waals surface area contributed by atoms with Crippen LogP contribution in [-0.4, -0.2) is 22.7 Å². The second-order valence-corrected chi connectivity index (χ2v) is 6.49. The number of halogens is 1. The Hall–Kier alpha value is -1.78. The van der Waals surface area contributed by atoms with E-state index < -0.39 is 0 Å². The van der Waals surface area contributed by atoms with E-state index in [4.69, 9.17) is 0 Å². The minimum Gasteiger partial charge on any atom is -0.395 e. The summed E-state index contributed by atoms with van der Waals surface area (Å²) in [5.74, 6) is -0.0540. The molecule has 0 unspecified atom stereocenters. The van der Waals surface area contributed by atoms with Crippen LogP contribution in [0.15, 0.2) is 36.4 Å². The van der Waals surface area contributed by atoms with Crippen LogP contribution in [-0.2, 0) is 13.0 Å². The molecule has 1 aromatic heterocycles. The Morgan fingerprint density at radius 1 is 1.12 bits per heavy atom. The van der Waals surface area contributed by atoms with Crippen molar-refractivity contribution < 1.29 is 9.50 Å². The summed E-state index contributed by atoms with van der Waals surface area (Å²) in [6, 6.07) is 11.4. The highest BCUT2D eigenvalue weighted by atomic mass is 19.1. The van der Waals surface area contributed by atoms with E-state index >= 15 is 0 Å². The van der Waals surface area contributed by atoms with E-state index in [1.54, 1.807) is 6.07 Å². The largest absolute Gasteiger partial charge is 0.395 e.